The molecule has 1 aromatic carbocycles. The number of para-hydroxylation sites is 1. The van der Waals surface area contributed by atoms with Crippen LogP contribution < -0.4 is 15.8 Å². The summed E-state index contributed by atoms with van der Waals surface area (Å²) in [4.78, 5) is 4.37. The van der Waals surface area contributed by atoms with Gasteiger partial charge in [0.05, 0.1) is 31.9 Å². The van der Waals surface area contributed by atoms with E-state index in [0.717, 1.165) is 17.7 Å². The maximum atomic E-state index is 6.00. The first-order chi connectivity index (χ1) is 10.8. The van der Waals surface area contributed by atoms with Gasteiger partial charge in [-0.2, -0.15) is 0 Å². The van der Waals surface area contributed by atoms with Gasteiger partial charge in [-0.15, -0.1) is 0 Å². The zero-order valence-corrected chi connectivity index (χ0v) is 13.0. The van der Waals surface area contributed by atoms with E-state index < -0.39 is 0 Å². The molecular formula is C17H25N3O2. The number of nitrogens with zero attached hydrogens (tertiary/aromatic N) is 1. The van der Waals surface area contributed by atoms with Crippen molar-refractivity contribution in [3.05, 3.63) is 29.8 Å². The number of guanidine groups is 1. The number of nitrogens with one attached hydrogen (secondary N) is 1. The average molecular weight is 303 g/mol. The molecule has 1 heterocycles. The molecule has 0 saturated heterocycles. The SMILES string of the molecule is NC(=NCCOC1CCCC1)NC1CCOc2ccccc21. The first-order valence-corrected chi connectivity index (χ1v) is 8.23. The summed E-state index contributed by atoms with van der Waals surface area (Å²) in [5, 5.41) is 3.30. The number of hydrogen-bond donors (Lipinski definition) is 2. The lowest BCUT2D eigenvalue weighted by Gasteiger charge is -2.26. The summed E-state index contributed by atoms with van der Waals surface area (Å²) in [7, 11) is 0. The van der Waals surface area contributed by atoms with Crippen molar-refractivity contribution in [2.45, 2.75) is 44.2 Å². The molecule has 1 aromatic rings. The summed E-state index contributed by atoms with van der Waals surface area (Å²) in [5.74, 6) is 1.42. The van der Waals surface area contributed by atoms with E-state index >= 15 is 0 Å². The molecule has 1 atom stereocenters. The first kappa shape index (κ1) is 15.2. The highest BCUT2D eigenvalue weighted by Crippen LogP contribution is 2.31. The standard InChI is InChI=1S/C17H25N3O2/c18-17(19-10-12-21-13-5-1-2-6-13)20-15-9-11-22-16-8-4-3-7-14(15)16/h3-4,7-8,13,15H,1-2,5-6,9-12H2,(H3,18,19,20). The van der Waals surface area contributed by atoms with Gasteiger partial charge in [0.2, 0.25) is 0 Å². The van der Waals surface area contributed by atoms with Crippen LogP contribution in [0, 0.1) is 0 Å². The Kier molecular flexibility index (Phi) is 5.16. The number of fused-ring (bicyclic) bond motifs is 1. The third-order valence-electron chi connectivity index (χ3n) is 4.31. The van der Waals surface area contributed by atoms with Gasteiger partial charge >= 0.3 is 0 Å². The highest BCUT2D eigenvalue weighted by atomic mass is 16.5. The van der Waals surface area contributed by atoms with Crippen LogP contribution in [0.3, 0.4) is 0 Å². The average Bonchev–Trinajstić information content (AvgIpc) is 3.05. The predicted octanol–water partition coefficient (Wildman–Crippen LogP) is 2.37. The second kappa shape index (κ2) is 7.49. The maximum absolute atomic E-state index is 6.00. The molecule has 1 aliphatic heterocycles. The van der Waals surface area contributed by atoms with E-state index in [0.29, 0.717) is 31.8 Å². The Morgan fingerprint density at radius 1 is 1.27 bits per heavy atom. The number of benzene rings is 1. The Labute approximate surface area is 131 Å². The van der Waals surface area contributed by atoms with E-state index in [4.69, 9.17) is 15.2 Å². The fourth-order valence-corrected chi connectivity index (χ4v) is 3.16. The van der Waals surface area contributed by atoms with Crippen LogP contribution in [0.1, 0.15) is 43.7 Å². The third kappa shape index (κ3) is 3.91. The molecule has 1 fully saturated rings. The molecule has 3 N–H and O–H groups in total. The smallest absolute Gasteiger partial charge is 0.189 e. The molecule has 0 radical (unpaired) electrons. The lowest BCUT2D eigenvalue weighted by atomic mass is 10.0. The van der Waals surface area contributed by atoms with Crippen molar-refractivity contribution in [3.63, 3.8) is 0 Å². The highest BCUT2D eigenvalue weighted by Gasteiger charge is 2.21. The topological polar surface area (TPSA) is 68.9 Å². The van der Waals surface area contributed by atoms with E-state index in [2.05, 4.69) is 16.4 Å². The number of rotatable bonds is 5. The van der Waals surface area contributed by atoms with Crippen molar-refractivity contribution in [2.75, 3.05) is 19.8 Å². The molecule has 22 heavy (non-hydrogen) atoms. The van der Waals surface area contributed by atoms with Crippen LogP contribution in [-0.4, -0.2) is 31.8 Å². The molecular weight excluding hydrogens is 278 g/mol. The number of aliphatic imine (C=N–C) groups is 1. The van der Waals surface area contributed by atoms with Gasteiger partial charge < -0.3 is 20.5 Å². The summed E-state index contributed by atoms with van der Waals surface area (Å²) in [6, 6.07) is 8.24. The summed E-state index contributed by atoms with van der Waals surface area (Å²) in [5.41, 5.74) is 7.15. The van der Waals surface area contributed by atoms with Gasteiger partial charge in [-0.05, 0) is 18.9 Å². The fraction of sp³-hybridized carbons (Fsp3) is 0.588. The molecule has 1 aliphatic carbocycles. The van der Waals surface area contributed by atoms with E-state index in [9.17, 15) is 0 Å². The van der Waals surface area contributed by atoms with E-state index in [1.165, 1.54) is 25.7 Å². The van der Waals surface area contributed by atoms with Crippen molar-refractivity contribution in [3.8, 4) is 5.75 Å². The fourth-order valence-electron chi connectivity index (χ4n) is 3.16. The van der Waals surface area contributed by atoms with Crippen LogP contribution in [0.4, 0.5) is 0 Å². The monoisotopic (exact) mass is 303 g/mol. The number of nitrogens with two attached hydrogens (primary N) is 1. The molecule has 0 aromatic heterocycles. The largest absolute Gasteiger partial charge is 0.493 e. The van der Waals surface area contributed by atoms with Gasteiger partial charge in [0.25, 0.3) is 0 Å². The second-order valence-corrected chi connectivity index (χ2v) is 5.92. The highest BCUT2D eigenvalue weighted by molar-refractivity contribution is 5.78. The minimum atomic E-state index is 0.171. The van der Waals surface area contributed by atoms with Crippen molar-refractivity contribution >= 4 is 5.96 Å². The zero-order chi connectivity index (χ0) is 15.2. The van der Waals surface area contributed by atoms with Crippen LogP contribution >= 0.6 is 0 Å². The maximum Gasteiger partial charge on any atom is 0.189 e. The van der Waals surface area contributed by atoms with Crippen molar-refractivity contribution in [2.24, 2.45) is 10.7 Å². The molecule has 5 heteroatoms. The van der Waals surface area contributed by atoms with Gasteiger partial charge in [-0.3, -0.25) is 4.99 Å². The number of ether oxygens (including phenoxy) is 2. The summed E-state index contributed by atoms with van der Waals surface area (Å²) >= 11 is 0. The second-order valence-electron chi connectivity index (χ2n) is 5.92. The van der Waals surface area contributed by atoms with Crippen molar-refractivity contribution in [1.29, 1.82) is 0 Å². The number of hydrogen-bond acceptors (Lipinski definition) is 3. The Balaban J connectivity index is 1.47. The van der Waals surface area contributed by atoms with Gasteiger partial charge in [0.15, 0.2) is 5.96 Å². The van der Waals surface area contributed by atoms with Crippen LogP contribution in [0.5, 0.6) is 5.75 Å². The zero-order valence-electron chi connectivity index (χ0n) is 13.0. The van der Waals surface area contributed by atoms with Crippen LogP contribution in [0.2, 0.25) is 0 Å². The van der Waals surface area contributed by atoms with Crippen molar-refractivity contribution < 1.29 is 9.47 Å². The van der Waals surface area contributed by atoms with Crippen molar-refractivity contribution in [1.82, 2.24) is 5.32 Å². The van der Waals surface area contributed by atoms with E-state index in [1.54, 1.807) is 0 Å². The summed E-state index contributed by atoms with van der Waals surface area (Å²) in [6.07, 6.45) is 6.30. The molecule has 0 spiro atoms. The van der Waals surface area contributed by atoms with Gasteiger partial charge in [0.1, 0.15) is 5.75 Å². The first-order valence-electron chi connectivity index (χ1n) is 8.23. The quantitative estimate of drug-likeness (QED) is 0.498. The lowest BCUT2D eigenvalue weighted by molar-refractivity contribution is 0.0643. The molecule has 1 unspecified atom stereocenters. The van der Waals surface area contributed by atoms with Gasteiger partial charge in [-0.1, -0.05) is 31.0 Å². The van der Waals surface area contributed by atoms with Crippen LogP contribution in [0.15, 0.2) is 29.3 Å². The van der Waals surface area contributed by atoms with E-state index in [-0.39, 0.29) is 6.04 Å². The molecule has 0 amide bonds. The molecule has 0 bridgehead atoms. The molecule has 1 saturated carbocycles. The van der Waals surface area contributed by atoms with Crippen LogP contribution in [-0.2, 0) is 4.74 Å². The normalized spacial score (nSPS) is 22.2. The van der Waals surface area contributed by atoms with Gasteiger partial charge in [0, 0.05) is 12.0 Å². The molecule has 3 rings (SSSR count). The van der Waals surface area contributed by atoms with E-state index in [1.807, 2.05) is 18.2 Å². The third-order valence-corrected chi connectivity index (χ3v) is 4.31. The summed E-state index contributed by atoms with van der Waals surface area (Å²) < 4.78 is 11.4. The Morgan fingerprint density at radius 3 is 2.95 bits per heavy atom. The minimum absolute atomic E-state index is 0.171. The summed E-state index contributed by atoms with van der Waals surface area (Å²) in [6.45, 7) is 1.96. The Morgan fingerprint density at radius 2 is 2.09 bits per heavy atom. The van der Waals surface area contributed by atoms with Crippen LogP contribution in [0.25, 0.3) is 0 Å². The molecule has 120 valence electrons. The minimum Gasteiger partial charge on any atom is -0.493 e. The Hall–Kier alpha value is -1.75. The predicted molar refractivity (Wildman–Crippen MR) is 87.1 cm³/mol. The molecule has 5 nitrogen and oxygen atoms in total. The van der Waals surface area contributed by atoms with Gasteiger partial charge in [-0.25, -0.2) is 0 Å². The lowest BCUT2D eigenvalue weighted by Crippen LogP contribution is -2.37. The molecule has 2 aliphatic rings. The Bertz CT molecular complexity index is 512.